The first-order valence-electron chi connectivity index (χ1n) is 9.01. The Hall–Kier alpha value is -2.41. The average Bonchev–Trinajstić information content (AvgIpc) is 3.03. The molecule has 0 aliphatic carbocycles. The van der Waals surface area contributed by atoms with Crippen LogP contribution in [0.15, 0.2) is 59.0 Å². The molecule has 27 heavy (non-hydrogen) atoms. The molecule has 2 aromatic carbocycles. The van der Waals surface area contributed by atoms with Crippen LogP contribution in [0, 0.1) is 4.84 Å². The van der Waals surface area contributed by atoms with Gasteiger partial charge in [0, 0.05) is 5.56 Å². The molecule has 0 saturated carbocycles. The molecule has 2 aliphatic rings. The third-order valence-electron chi connectivity index (χ3n) is 4.94. The highest BCUT2D eigenvalue weighted by Crippen LogP contribution is 2.41. The van der Waals surface area contributed by atoms with Gasteiger partial charge in [0.2, 0.25) is 6.29 Å². The van der Waals surface area contributed by atoms with Crippen molar-refractivity contribution in [2.24, 2.45) is 0 Å². The maximum Gasteiger partial charge on any atom is 0.274 e. The zero-order valence-corrected chi connectivity index (χ0v) is 15.7. The van der Waals surface area contributed by atoms with Gasteiger partial charge >= 0.3 is 0 Å². The zero-order chi connectivity index (χ0) is 18.4. The molecule has 0 N–H and O–H groups in total. The number of para-hydroxylation sites is 3. The second-order valence-corrected chi connectivity index (χ2v) is 7.26. The smallest absolute Gasteiger partial charge is 0.274 e. The van der Waals surface area contributed by atoms with Crippen molar-refractivity contribution in [2.75, 3.05) is 13.2 Å². The van der Waals surface area contributed by atoms with Crippen LogP contribution in [0.4, 0.5) is 0 Å². The predicted molar refractivity (Wildman–Crippen MR) is 104 cm³/mol. The number of benzene rings is 2. The van der Waals surface area contributed by atoms with Crippen molar-refractivity contribution in [3.63, 3.8) is 0 Å². The van der Waals surface area contributed by atoms with Crippen molar-refractivity contribution in [1.29, 1.82) is 0 Å². The lowest BCUT2D eigenvalue weighted by Gasteiger charge is -2.40. The van der Waals surface area contributed by atoms with Gasteiger partial charge in [0.05, 0.1) is 24.4 Å². The highest BCUT2D eigenvalue weighted by molar-refractivity contribution is 7.71. The van der Waals surface area contributed by atoms with Gasteiger partial charge in [0.1, 0.15) is 5.75 Å². The monoisotopic (exact) mass is 381 g/mol. The number of oxazole rings is 1. The van der Waals surface area contributed by atoms with Crippen LogP contribution in [0.5, 0.6) is 5.75 Å². The molecule has 5 rings (SSSR count). The van der Waals surface area contributed by atoms with E-state index >= 15 is 0 Å². The van der Waals surface area contributed by atoms with Crippen molar-refractivity contribution < 1.29 is 18.6 Å². The summed E-state index contributed by atoms with van der Waals surface area (Å²) >= 11 is 5.55. The standard InChI is InChI=1S/C21H19NO4S/c1-21(19-23-11-6-12-24-19)13-16(14-7-2-4-9-17(14)26-21)22-15-8-3-5-10-18(15)25-20(22)27/h2-5,7-10,13,19H,6,11-12H2,1H3. The first kappa shape index (κ1) is 16.7. The molecule has 2 aliphatic heterocycles. The molecule has 6 heteroatoms. The summed E-state index contributed by atoms with van der Waals surface area (Å²) < 4.78 is 25.8. The van der Waals surface area contributed by atoms with Crippen molar-refractivity contribution in [3.05, 3.63) is 65.0 Å². The van der Waals surface area contributed by atoms with Gasteiger partial charge in [-0.1, -0.05) is 24.3 Å². The van der Waals surface area contributed by atoms with Crippen LogP contribution in [0.1, 0.15) is 18.9 Å². The minimum absolute atomic E-state index is 0.395. The average molecular weight is 381 g/mol. The van der Waals surface area contributed by atoms with Gasteiger partial charge < -0.3 is 18.6 Å². The quantitative estimate of drug-likeness (QED) is 0.599. The SMILES string of the molecule is CC1(C2OCCCO2)C=C(n2c(=S)oc3ccccc32)c2ccccc2O1. The molecule has 1 atom stereocenters. The number of hydrogen-bond donors (Lipinski definition) is 0. The summed E-state index contributed by atoms with van der Waals surface area (Å²) in [5, 5.41) is 0. The van der Waals surface area contributed by atoms with E-state index in [-0.39, 0.29) is 0 Å². The summed E-state index contributed by atoms with van der Waals surface area (Å²) in [7, 11) is 0. The highest BCUT2D eigenvalue weighted by atomic mass is 32.1. The van der Waals surface area contributed by atoms with E-state index in [4.69, 9.17) is 30.8 Å². The Bertz CT molecular complexity index is 1090. The van der Waals surface area contributed by atoms with Crippen LogP contribution in [0.3, 0.4) is 0 Å². The number of rotatable bonds is 2. The van der Waals surface area contributed by atoms with E-state index in [1.54, 1.807) is 0 Å². The fourth-order valence-electron chi connectivity index (χ4n) is 3.70. The molecule has 1 unspecified atom stereocenters. The van der Waals surface area contributed by atoms with Crippen LogP contribution in [-0.4, -0.2) is 29.7 Å². The molecule has 1 fully saturated rings. The van der Waals surface area contributed by atoms with Gasteiger partial charge in [-0.2, -0.15) is 0 Å². The molecular formula is C21H19NO4S. The van der Waals surface area contributed by atoms with Crippen LogP contribution in [0.2, 0.25) is 0 Å². The fourth-order valence-corrected chi connectivity index (χ4v) is 3.98. The number of fused-ring (bicyclic) bond motifs is 2. The molecule has 3 heterocycles. The number of aromatic nitrogens is 1. The van der Waals surface area contributed by atoms with Crippen LogP contribution in [-0.2, 0) is 9.47 Å². The number of nitrogens with zero attached hydrogens (tertiary/aromatic N) is 1. The molecular weight excluding hydrogens is 362 g/mol. The van der Waals surface area contributed by atoms with E-state index in [1.165, 1.54) is 0 Å². The van der Waals surface area contributed by atoms with Crippen molar-refractivity contribution >= 4 is 29.0 Å². The Kier molecular flexibility index (Phi) is 3.93. The van der Waals surface area contributed by atoms with Crippen molar-refractivity contribution in [3.8, 4) is 5.75 Å². The molecule has 0 spiro atoms. The van der Waals surface area contributed by atoms with Gasteiger partial charge in [-0.25, -0.2) is 0 Å². The maximum atomic E-state index is 6.33. The second-order valence-electron chi connectivity index (χ2n) is 6.91. The van der Waals surface area contributed by atoms with Gasteiger partial charge in [0.25, 0.3) is 4.84 Å². The Morgan fingerprint density at radius 2 is 1.78 bits per heavy atom. The van der Waals surface area contributed by atoms with Gasteiger partial charge in [-0.3, -0.25) is 4.57 Å². The summed E-state index contributed by atoms with van der Waals surface area (Å²) in [6.45, 7) is 3.29. The molecule has 5 nitrogen and oxygen atoms in total. The maximum absolute atomic E-state index is 6.33. The molecule has 1 saturated heterocycles. The molecule has 0 bridgehead atoms. The van der Waals surface area contributed by atoms with E-state index in [0.717, 1.165) is 34.5 Å². The Morgan fingerprint density at radius 3 is 2.63 bits per heavy atom. The summed E-state index contributed by atoms with van der Waals surface area (Å²) in [5.41, 5.74) is 2.75. The van der Waals surface area contributed by atoms with Gasteiger partial charge in [-0.05, 0) is 55.9 Å². The minimum Gasteiger partial charge on any atom is -0.477 e. The Balaban J connectivity index is 1.74. The normalized spacial score (nSPS) is 22.9. The summed E-state index contributed by atoms with van der Waals surface area (Å²) in [4.78, 5) is 0.395. The second kappa shape index (κ2) is 6.34. The number of ether oxygens (including phenoxy) is 3. The lowest BCUT2D eigenvalue weighted by atomic mass is 9.96. The molecule has 3 aromatic rings. The van der Waals surface area contributed by atoms with E-state index < -0.39 is 11.9 Å². The highest BCUT2D eigenvalue weighted by Gasteiger charge is 2.42. The van der Waals surface area contributed by atoms with Crippen molar-refractivity contribution in [1.82, 2.24) is 4.57 Å². The van der Waals surface area contributed by atoms with E-state index in [9.17, 15) is 0 Å². The zero-order valence-electron chi connectivity index (χ0n) is 14.9. The summed E-state index contributed by atoms with van der Waals surface area (Å²) in [6.07, 6.45) is 2.43. The van der Waals surface area contributed by atoms with Crippen molar-refractivity contribution in [2.45, 2.75) is 25.2 Å². The first-order valence-corrected chi connectivity index (χ1v) is 9.42. The molecule has 138 valence electrons. The van der Waals surface area contributed by atoms with E-state index in [1.807, 2.05) is 66.1 Å². The Labute approximate surface area is 161 Å². The van der Waals surface area contributed by atoms with Gasteiger partial charge in [0.15, 0.2) is 11.2 Å². The topological polar surface area (TPSA) is 45.8 Å². The third kappa shape index (κ3) is 2.72. The predicted octanol–water partition coefficient (Wildman–Crippen LogP) is 4.77. The number of hydrogen-bond acceptors (Lipinski definition) is 5. The van der Waals surface area contributed by atoms with E-state index in [2.05, 4.69) is 0 Å². The largest absolute Gasteiger partial charge is 0.477 e. The lowest BCUT2D eigenvalue weighted by Crippen LogP contribution is -2.50. The van der Waals surface area contributed by atoms with E-state index in [0.29, 0.717) is 18.1 Å². The molecule has 0 amide bonds. The van der Waals surface area contributed by atoms with Crippen LogP contribution in [0.25, 0.3) is 16.8 Å². The lowest BCUT2D eigenvalue weighted by molar-refractivity contribution is -0.235. The molecule has 0 radical (unpaired) electrons. The third-order valence-corrected chi connectivity index (χ3v) is 5.20. The van der Waals surface area contributed by atoms with Gasteiger partial charge in [-0.15, -0.1) is 0 Å². The van der Waals surface area contributed by atoms with Crippen LogP contribution >= 0.6 is 12.2 Å². The fraction of sp³-hybridized carbons (Fsp3) is 0.286. The minimum atomic E-state index is -0.781. The Morgan fingerprint density at radius 1 is 1.04 bits per heavy atom. The molecule has 1 aromatic heterocycles. The summed E-state index contributed by atoms with van der Waals surface area (Å²) in [5.74, 6) is 0.766. The summed E-state index contributed by atoms with van der Waals surface area (Å²) in [6, 6.07) is 15.7. The van der Waals surface area contributed by atoms with Crippen LogP contribution < -0.4 is 4.74 Å². The first-order chi connectivity index (χ1) is 13.2.